The van der Waals surface area contributed by atoms with E-state index in [-0.39, 0.29) is 6.03 Å². The fourth-order valence-corrected chi connectivity index (χ4v) is 3.37. The fourth-order valence-electron chi connectivity index (χ4n) is 3.37. The standard InChI is InChI=1S/C20H21F2N7O2/c1-31-18-5-3-2-4-17(18)23-20(30)28-10-8-27(9-11-28)13-19-24-25-26-29(19)14-6-7-15(21)16(22)12-14/h2-7,12H,8-11,13H2,1H3,(H,23,30). The number of aromatic nitrogens is 4. The topological polar surface area (TPSA) is 88.4 Å². The van der Waals surface area contributed by atoms with Crippen molar-refractivity contribution in [3.05, 3.63) is 59.9 Å². The van der Waals surface area contributed by atoms with Gasteiger partial charge in [0.15, 0.2) is 17.5 Å². The summed E-state index contributed by atoms with van der Waals surface area (Å²) in [6.07, 6.45) is 0. The number of carbonyl (C=O) groups is 1. The number of methoxy groups -OCH3 is 1. The van der Waals surface area contributed by atoms with Crippen LogP contribution in [0.1, 0.15) is 5.82 Å². The number of anilines is 1. The molecule has 1 aromatic heterocycles. The minimum absolute atomic E-state index is 0.198. The van der Waals surface area contributed by atoms with E-state index in [2.05, 4.69) is 25.7 Å². The molecule has 0 spiro atoms. The number of ether oxygens (including phenoxy) is 1. The summed E-state index contributed by atoms with van der Waals surface area (Å²) in [7, 11) is 1.55. The minimum atomic E-state index is -0.964. The molecule has 1 aliphatic heterocycles. The first kappa shape index (κ1) is 20.7. The third-order valence-corrected chi connectivity index (χ3v) is 5.05. The van der Waals surface area contributed by atoms with E-state index >= 15 is 0 Å². The number of hydrogen-bond donors (Lipinski definition) is 1. The fraction of sp³-hybridized carbons (Fsp3) is 0.300. The van der Waals surface area contributed by atoms with Crippen molar-refractivity contribution in [2.75, 3.05) is 38.6 Å². The summed E-state index contributed by atoms with van der Waals surface area (Å²) >= 11 is 0. The largest absolute Gasteiger partial charge is 0.495 e. The lowest BCUT2D eigenvalue weighted by Gasteiger charge is -2.34. The van der Waals surface area contributed by atoms with Gasteiger partial charge in [-0.2, -0.15) is 4.68 Å². The molecule has 1 saturated heterocycles. The predicted molar refractivity (Wildman–Crippen MR) is 108 cm³/mol. The van der Waals surface area contributed by atoms with E-state index < -0.39 is 11.6 Å². The highest BCUT2D eigenvalue weighted by atomic mass is 19.2. The average molecular weight is 429 g/mol. The van der Waals surface area contributed by atoms with Crippen molar-refractivity contribution in [3.63, 3.8) is 0 Å². The second-order valence-corrected chi connectivity index (χ2v) is 7.00. The van der Waals surface area contributed by atoms with Crippen molar-refractivity contribution in [2.24, 2.45) is 0 Å². The Labute approximate surface area is 177 Å². The van der Waals surface area contributed by atoms with Crippen LogP contribution in [0.3, 0.4) is 0 Å². The van der Waals surface area contributed by atoms with Crippen LogP contribution in [-0.2, 0) is 6.54 Å². The van der Waals surface area contributed by atoms with Gasteiger partial charge in [-0.3, -0.25) is 4.90 Å². The molecule has 1 aliphatic rings. The molecule has 11 heteroatoms. The number of halogens is 2. The average Bonchev–Trinajstić information content (AvgIpc) is 3.24. The lowest BCUT2D eigenvalue weighted by atomic mass is 10.3. The van der Waals surface area contributed by atoms with Gasteiger partial charge in [-0.05, 0) is 34.7 Å². The Balaban J connectivity index is 1.35. The first-order valence-corrected chi connectivity index (χ1v) is 9.69. The van der Waals surface area contributed by atoms with Crippen LogP contribution < -0.4 is 10.1 Å². The number of carbonyl (C=O) groups excluding carboxylic acids is 1. The Morgan fingerprint density at radius 3 is 2.61 bits per heavy atom. The molecule has 0 aliphatic carbocycles. The van der Waals surface area contributed by atoms with Gasteiger partial charge in [0.25, 0.3) is 0 Å². The van der Waals surface area contributed by atoms with E-state index in [0.29, 0.717) is 55.7 Å². The molecule has 162 valence electrons. The first-order valence-electron chi connectivity index (χ1n) is 9.69. The number of hydrogen-bond acceptors (Lipinski definition) is 6. The summed E-state index contributed by atoms with van der Waals surface area (Å²) in [5.41, 5.74) is 0.955. The molecule has 3 aromatic rings. The SMILES string of the molecule is COc1ccccc1NC(=O)N1CCN(Cc2nnnn2-c2ccc(F)c(F)c2)CC1. The van der Waals surface area contributed by atoms with Gasteiger partial charge in [-0.1, -0.05) is 12.1 Å². The number of benzene rings is 2. The number of piperazine rings is 1. The van der Waals surface area contributed by atoms with Crippen LogP contribution in [-0.4, -0.2) is 69.3 Å². The van der Waals surface area contributed by atoms with E-state index in [9.17, 15) is 13.6 Å². The van der Waals surface area contributed by atoms with E-state index in [0.717, 1.165) is 12.1 Å². The van der Waals surface area contributed by atoms with Crippen LogP contribution in [0.4, 0.5) is 19.3 Å². The lowest BCUT2D eigenvalue weighted by molar-refractivity contribution is 0.140. The Kier molecular flexibility index (Phi) is 6.03. The van der Waals surface area contributed by atoms with Crippen molar-refractivity contribution in [1.82, 2.24) is 30.0 Å². The Morgan fingerprint density at radius 1 is 1.10 bits per heavy atom. The van der Waals surface area contributed by atoms with Crippen LogP contribution in [0, 0.1) is 11.6 Å². The molecule has 0 unspecified atom stereocenters. The maximum atomic E-state index is 13.6. The number of nitrogens with zero attached hydrogens (tertiary/aromatic N) is 6. The zero-order valence-electron chi connectivity index (χ0n) is 16.8. The maximum absolute atomic E-state index is 13.6. The van der Waals surface area contributed by atoms with Gasteiger partial charge < -0.3 is 15.0 Å². The highest BCUT2D eigenvalue weighted by molar-refractivity contribution is 5.91. The van der Waals surface area contributed by atoms with Gasteiger partial charge in [-0.25, -0.2) is 13.6 Å². The van der Waals surface area contributed by atoms with Gasteiger partial charge in [0.05, 0.1) is 25.0 Å². The summed E-state index contributed by atoms with van der Waals surface area (Å²) < 4.78 is 33.4. The molecular weight excluding hydrogens is 408 g/mol. The van der Waals surface area contributed by atoms with Crippen molar-refractivity contribution in [1.29, 1.82) is 0 Å². The number of urea groups is 1. The van der Waals surface area contributed by atoms with Crippen molar-refractivity contribution in [3.8, 4) is 11.4 Å². The molecule has 31 heavy (non-hydrogen) atoms. The third kappa shape index (κ3) is 4.61. The summed E-state index contributed by atoms with van der Waals surface area (Å²) in [6.45, 7) is 2.68. The van der Waals surface area contributed by atoms with Gasteiger partial charge in [-0.15, -0.1) is 5.10 Å². The molecule has 0 radical (unpaired) electrons. The van der Waals surface area contributed by atoms with Gasteiger partial charge in [0.1, 0.15) is 5.75 Å². The van der Waals surface area contributed by atoms with E-state index in [4.69, 9.17) is 4.74 Å². The highest BCUT2D eigenvalue weighted by Gasteiger charge is 2.23. The molecule has 2 heterocycles. The molecule has 9 nitrogen and oxygen atoms in total. The Bertz CT molecular complexity index is 1070. The number of amides is 2. The first-order chi connectivity index (χ1) is 15.0. The Morgan fingerprint density at radius 2 is 1.87 bits per heavy atom. The van der Waals surface area contributed by atoms with Gasteiger partial charge >= 0.3 is 6.03 Å². The quantitative estimate of drug-likeness (QED) is 0.670. The number of nitrogens with one attached hydrogen (secondary N) is 1. The molecule has 4 rings (SSSR count). The second kappa shape index (κ2) is 9.04. The normalized spacial score (nSPS) is 14.5. The summed E-state index contributed by atoms with van der Waals surface area (Å²) in [4.78, 5) is 16.4. The molecule has 2 amide bonds. The minimum Gasteiger partial charge on any atom is -0.495 e. The van der Waals surface area contributed by atoms with E-state index in [1.165, 1.54) is 10.7 Å². The number of rotatable bonds is 5. The van der Waals surface area contributed by atoms with Crippen LogP contribution in [0.25, 0.3) is 5.69 Å². The smallest absolute Gasteiger partial charge is 0.322 e. The van der Waals surface area contributed by atoms with Crippen LogP contribution in [0.5, 0.6) is 5.75 Å². The number of tetrazole rings is 1. The van der Waals surface area contributed by atoms with Crippen molar-refractivity contribution >= 4 is 11.7 Å². The summed E-state index contributed by atoms with van der Waals surface area (Å²) in [6, 6.07) is 10.5. The van der Waals surface area contributed by atoms with E-state index in [1.807, 2.05) is 12.1 Å². The molecule has 1 N–H and O–H groups in total. The van der Waals surface area contributed by atoms with Crippen molar-refractivity contribution in [2.45, 2.75) is 6.54 Å². The van der Waals surface area contributed by atoms with E-state index in [1.54, 1.807) is 24.1 Å². The molecule has 1 fully saturated rings. The molecule has 0 bridgehead atoms. The van der Waals surface area contributed by atoms with Gasteiger partial charge in [0.2, 0.25) is 0 Å². The molecular formula is C20H21F2N7O2. The maximum Gasteiger partial charge on any atom is 0.322 e. The van der Waals surface area contributed by atoms with Crippen molar-refractivity contribution < 1.29 is 18.3 Å². The molecule has 0 saturated carbocycles. The molecule has 2 aromatic carbocycles. The van der Waals surface area contributed by atoms with Crippen LogP contribution in [0.2, 0.25) is 0 Å². The summed E-state index contributed by atoms with van der Waals surface area (Å²) in [5.74, 6) is -0.800. The monoisotopic (exact) mass is 429 g/mol. The predicted octanol–water partition coefficient (Wildman–Crippen LogP) is 2.30. The highest BCUT2D eigenvalue weighted by Crippen LogP contribution is 2.23. The third-order valence-electron chi connectivity index (χ3n) is 5.05. The number of para-hydroxylation sites is 2. The lowest BCUT2D eigenvalue weighted by Crippen LogP contribution is -2.49. The Hall–Kier alpha value is -3.60. The zero-order valence-corrected chi connectivity index (χ0v) is 16.8. The summed E-state index contributed by atoms with van der Waals surface area (Å²) in [5, 5.41) is 14.4. The zero-order chi connectivity index (χ0) is 21.8. The van der Waals surface area contributed by atoms with Crippen LogP contribution in [0.15, 0.2) is 42.5 Å². The second-order valence-electron chi connectivity index (χ2n) is 7.00. The van der Waals surface area contributed by atoms with Crippen LogP contribution >= 0.6 is 0 Å². The van der Waals surface area contributed by atoms with Gasteiger partial charge in [0, 0.05) is 32.2 Å². The molecule has 0 atom stereocenters.